The first-order valence-corrected chi connectivity index (χ1v) is 12.9. The van der Waals surface area contributed by atoms with E-state index in [9.17, 15) is 23.2 Å². The number of benzene rings is 2. The molecular formula is C24H36LiNO7S. The smallest absolute Gasteiger partial charge is 0.744 e. The van der Waals surface area contributed by atoms with Gasteiger partial charge in [0.05, 0.1) is 30.3 Å². The molecule has 0 amide bonds. The molecule has 2 aromatic carbocycles. The number of aliphatic hydroxyl groups is 2. The molecule has 0 fully saturated rings. The van der Waals surface area contributed by atoms with Crippen molar-refractivity contribution < 1.29 is 51.5 Å². The van der Waals surface area contributed by atoms with E-state index < -0.39 is 22.3 Å². The number of fused-ring (bicyclic) bond motifs is 1. The minimum absolute atomic E-state index is 0. The molecule has 10 heteroatoms. The fraction of sp³-hybridized carbons (Fsp3) is 0.583. The van der Waals surface area contributed by atoms with Gasteiger partial charge in [0.1, 0.15) is 10.1 Å². The molecule has 0 radical (unpaired) electrons. The maximum atomic E-state index is 11.7. The van der Waals surface area contributed by atoms with E-state index in [-0.39, 0.29) is 50.1 Å². The van der Waals surface area contributed by atoms with Gasteiger partial charge in [0, 0.05) is 42.8 Å². The molecule has 2 N–H and O–H groups in total. The summed E-state index contributed by atoms with van der Waals surface area (Å²) in [5, 5.41) is 22.0. The first kappa shape index (κ1) is 30.9. The van der Waals surface area contributed by atoms with E-state index in [2.05, 4.69) is 13.8 Å². The van der Waals surface area contributed by atoms with Crippen molar-refractivity contribution >= 4 is 26.6 Å². The summed E-state index contributed by atoms with van der Waals surface area (Å²) in [6.45, 7) is 5.83. The second kappa shape index (κ2) is 15.8. The van der Waals surface area contributed by atoms with Gasteiger partial charge in [0.2, 0.25) is 0 Å². The third-order valence-corrected chi connectivity index (χ3v) is 6.13. The average Bonchev–Trinajstić information content (AvgIpc) is 2.78. The van der Waals surface area contributed by atoms with Gasteiger partial charge in [-0.05, 0) is 25.0 Å². The molecule has 8 nitrogen and oxygen atoms in total. The number of hydrogen-bond donors (Lipinski definition) is 2. The van der Waals surface area contributed by atoms with E-state index in [1.165, 1.54) is 6.07 Å². The van der Waals surface area contributed by atoms with E-state index in [1.807, 2.05) is 0 Å². The summed E-state index contributed by atoms with van der Waals surface area (Å²) >= 11 is 0. The Balaban J connectivity index is 0.00000578. The van der Waals surface area contributed by atoms with Crippen molar-refractivity contribution in [3.8, 4) is 0 Å². The number of unbranched alkanes of at least 4 members (excludes halogenated alkanes) is 2. The van der Waals surface area contributed by atoms with Gasteiger partial charge in [-0.25, -0.2) is 8.42 Å². The summed E-state index contributed by atoms with van der Waals surface area (Å²) in [5.41, 5.74) is 0.609. The summed E-state index contributed by atoms with van der Waals surface area (Å²) in [6, 6.07) is 9.54. The standard InChI is InChI=1S/C24H37NO7S.Li/c1-3-5-13-31-17-19(26)15-25(16-20(27)18-32-14-6-4-2)23-11-12-24(33(28,29)30)22-10-8-7-9-21(22)23;/h7-12,19-20,26-27H,3-6,13-18H2,1-2H3,(H,28,29,30);/q;+1/p-1. The van der Waals surface area contributed by atoms with Crippen molar-refractivity contribution in [3.63, 3.8) is 0 Å². The zero-order chi connectivity index (χ0) is 24.3. The van der Waals surface area contributed by atoms with Crippen LogP contribution in [0.4, 0.5) is 5.69 Å². The van der Waals surface area contributed by atoms with Crippen LogP contribution in [0.15, 0.2) is 41.3 Å². The molecule has 0 aliphatic carbocycles. The van der Waals surface area contributed by atoms with Gasteiger partial charge < -0.3 is 29.1 Å². The number of ether oxygens (including phenoxy) is 2. The molecule has 186 valence electrons. The number of anilines is 1. The Labute approximate surface area is 215 Å². The van der Waals surface area contributed by atoms with Gasteiger partial charge in [-0.2, -0.15) is 0 Å². The van der Waals surface area contributed by atoms with Crippen molar-refractivity contribution in [2.24, 2.45) is 0 Å². The van der Waals surface area contributed by atoms with Gasteiger partial charge in [-0.1, -0.05) is 51.0 Å². The fourth-order valence-corrected chi connectivity index (χ4v) is 4.25. The van der Waals surface area contributed by atoms with Crippen LogP contribution in [0.5, 0.6) is 0 Å². The Morgan fingerprint density at radius 3 is 1.85 bits per heavy atom. The van der Waals surface area contributed by atoms with Crippen LogP contribution in [0.2, 0.25) is 0 Å². The molecule has 0 aliphatic heterocycles. The van der Waals surface area contributed by atoms with Crippen molar-refractivity contribution in [2.45, 2.75) is 56.6 Å². The Morgan fingerprint density at radius 1 is 0.882 bits per heavy atom. The topological polar surface area (TPSA) is 119 Å². The molecule has 0 spiro atoms. The third kappa shape index (κ3) is 9.84. The third-order valence-electron chi connectivity index (χ3n) is 5.24. The van der Waals surface area contributed by atoms with Crippen molar-refractivity contribution in [2.75, 3.05) is 44.4 Å². The molecule has 0 heterocycles. The van der Waals surface area contributed by atoms with Gasteiger partial charge >= 0.3 is 18.9 Å². The fourth-order valence-electron chi connectivity index (χ4n) is 3.57. The average molecular weight is 490 g/mol. The summed E-state index contributed by atoms with van der Waals surface area (Å²) in [4.78, 5) is 1.49. The van der Waals surface area contributed by atoms with Crippen molar-refractivity contribution in [1.82, 2.24) is 0 Å². The molecule has 0 aliphatic rings. The zero-order valence-electron chi connectivity index (χ0n) is 20.5. The second-order valence-corrected chi connectivity index (χ2v) is 9.50. The van der Waals surface area contributed by atoms with E-state index >= 15 is 0 Å². The van der Waals surface area contributed by atoms with Crippen LogP contribution in [0, 0.1) is 0 Å². The Bertz CT molecular complexity index is 937. The summed E-state index contributed by atoms with van der Waals surface area (Å²) in [7, 11) is -4.66. The SMILES string of the molecule is CCCCOCC(O)CN(CC(O)COCCCC)c1ccc(S(=O)(=O)[O-])c2ccccc12.[Li+]. The van der Waals surface area contributed by atoms with Crippen LogP contribution in [0.1, 0.15) is 39.5 Å². The monoisotopic (exact) mass is 489 g/mol. The van der Waals surface area contributed by atoms with Gasteiger partial charge in [-0.15, -0.1) is 0 Å². The molecule has 34 heavy (non-hydrogen) atoms. The predicted octanol–water partition coefficient (Wildman–Crippen LogP) is -0.0905. The minimum Gasteiger partial charge on any atom is -0.744 e. The van der Waals surface area contributed by atoms with Crippen LogP contribution in [-0.4, -0.2) is 74.9 Å². The summed E-state index contributed by atoms with van der Waals surface area (Å²) in [5.74, 6) is 0. The molecule has 0 aromatic heterocycles. The van der Waals surface area contributed by atoms with Crippen LogP contribution in [0.25, 0.3) is 10.8 Å². The van der Waals surface area contributed by atoms with Crippen LogP contribution >= 0.6 is 0 Å². The van der Waals surface area contributed by atoms with Gasteiger partial charge in [0.25, 0.3) is 0 Å². The van der Waals surface area contributed by atoms with E-state index in [0.29, 0.717) is 29.7 Å². The largest absolute Gasteiger partial charge is 1.00 e. The first-order valence-electron chi connectivity index (χ1n) is 11.5. The predicted molar refractivity (Wildman–Crippen MR) is 128 cm³/mol. The normalized spacial score (nSPS) is 13.4. The van der Waals surface area contributed by atoms with Crippen LogP contribution < -0.4 is 23.8 Å². The summed E-state index contributed by atoms with van der Waals surface area (Å²) < 4.78 is 46.3. The van der Waals surface area contributed by atoms with Crippen molar-refractivity contribution in [1.29, 1.82) is 0 Å². The second-order valence-electron chi connectivity index (χ2n) is 8.15. The molecule has 2 rings (SSSR count). The van der Waals surface area contributed by atoms with E-state index in [0.717, 1.165) is 25.7 Å². The first-order chi connectivity index (χ1) is 15.8. The Hall–Kier alpha value is -1.15. The van der Waals surface area contributed by atoms with E-state index in [1.54, 1.807) is 35.2 Å². The Morgan fingerprint density at radius 2 is 1.38 bits per heavy atom. The molecular weight excluding hydrogens is 453 g/mol. The maximum Gasteiger partial charge on any atom is 1.00 e. The molecule has 2 unspecified atom stereocenters. The zero-order valence-corrected chi connectivity index (χ0v) is 21.3. The molecule has 2 atom stereocenters. The number of hydrogen-bond acceptors (Lipinski definition) is 8. The molecule has 2 aromatic rings. The quantitative estimate of drug-likeness (QED) is 0.191. The molecule has 0 saturated heterocycles. The van der Waals surface area contributed by atoms with Gasteiger partial charge in [0.15, 0.2) is 0 Å². The number of nitrogens with zero attached hydrogens (tertiary/aromatic N) is 1. The minimum atomic E-state index is -4.66. The number of rotatable bonds is 16. The number of aliphatic hydroxyl groups excluding tert-OH is 2. The molecule has 0 saturated carbocycles. The maximum absolute atomic E-state index is 11.7. The van der Waals surface area contributed by atoms with Crippen molar-refractivity contribution in [3.05, 3.63) is 36.4 Å². The van der Waals surface area contributed by atoms with Crippen LogP contribution in [0.3, 0.4) is 0 Å². The van der Waals surface area contributed by atoms with E-state index in [4.69, 9.17) is 9.47 Å². The van der Waals surface area contributed by atoms with Crippen LogP contribution in [-0.2, 0) is 19.6 Å². The summed E-state index contributed by atoms with van der Waals surface area (Å²) in [6.07, 6.45) is 2.15. The molecule has 0 bridgehead atoms. The Kier molecular flexibility index (Phi) is 14.3. The van der Waals surface area contributed by atoms with Gasteiger partial charge in [-0.3, -0.25) is 0 Å².